The third kappa shape index (κ3) is 7.43. The van der Waals surface area contributed by atoms with Crippen molar-refractivity contribution in [2.75, 3.05) is 13.2 Å². The molecule has 2 aliphatic carbocycles. The van der Waals surface area contributed by atoms with E-state index < -0.39 is 11.6 Å². The van der Waals surface area contributed by atoms with Gasteiger partial charge in [-0.15, -0.1) is 0 Å². The van der Waals surface area contributed by atoms with Gasteiger partial charge in [0.1, 0.15) is 0 Å². The summed E-state index contributed by atoms with van der Waals surface area (Å²) in [5.41, 5.74) is 0.495. The molecular weight excluding hydrogens is 406 g/mol. The number of ether oxygens (including phenoxy) is 2. The van der Waals surface area contributed by atoms with Gasteiger partial charge in [0.2, 0.25) is 5.82 Å². The molecule has 0 aliphatic heterocycles. The standard InChI is InChI=1S/C28H44F2O2/c1-3-5-6-8-21-10-12-22(13-11-21)9-7-20-32-24-16-14-23(15-17-24)25-18-19-26(31-4-2)28(30)27(25)29/h18-19,21-24H,3-17,20H2,1-2H3. The van der Waals surface area contributed by atoms with E-state index in [1.165, 1.54) is 57.8 Å². The smallest absolute Gasteiger partial charge is 0.200 e. The minimum absolute atomic E-state index is 0.00995. The lowest BCUT2D eigenvalue weighted by molar-refractivity contribution is 0.0202. The fourth-order valence-corrected chi connectivity index (χ4v) is 5.78. The molecule has 0 bridgehead atoms. The van der Waals surface area contributed by atoms with E-state index in [1.54, 1.807) is 19.1 Å². The first kappa shape index (κ1) is 25.5. The highest BCUT2D eigenvalue weighted by molar-refractivity contribution is 5.33. The fraction of sp³-hybridized carbons (Fsp3) is 0.786. The molecule has 1 aromatic carbocycles. The Bertz CT molecular complexity index is 662. The Kier molecular flexibility index (Phi) is 10.8. The number of hydrogen-bond acceptors (Lipinski definition) is 2. The monoisotopic (exact) mass is 450 g/mol. The minimum Gasteiger partial charge on any atom is -0.491 e. The van der Waals surface area contributed by atoms with Crippen molar-refractivity contribution in [3.8, 4) is 5.75 Å². The summed E-state index contributed by atoms with van der Waals surface area (Å²) in [4.78, 5) is 0. The second-order valence-corrected chi connectivity index (χ2v) is 10.1. The Morgan fingerprint density at radius 3 is 2.06 bits per heavy atom. The Morgan fingerprint density at radius 2 is 1.44 bits per heavy atom. The highest BCUT2D eigenvalue weighted by atomic mass is 19.2. The maximum Gasteiger partial charge on any atom is 0.200 e. The summed E-state index contributed by atoms with van der Waals surface area (Å²) < 4.78 is 40.0. The fourth-order valence-electron chi connectivity index (χ4n) is 5.78. The number of halogens is 2. The normalized spacial score (nSPS) is 26.2. The van der Waals surface area contributed by atoms with Crippen LogP contribution in [0.1, 0.15) is 115 Å². The van der Waals surface area contributed by atoms with Crippen LogP contribution < -0.4 is 4.74 Å². The van der Waals surface area contributed by atoms with E-state index >= 15 is 0 Å². The zero-order valence-corrected chi connectivity index (χ0v) is 20.4. The molecule has 0 amide bonds. The summed E-state index contributed by atoms with van der Waals surface area (Å²) in [6, 6.07) is 3.27. The molecule has 0 N–H and O–H groups in total. The average molecular weight is 451 g/mol. The zero-order chi connectivity index (χ0) is 22.8. The van der Waals surface area contributed by atoms with Crippen LogP contribution in [-0.4, -0.2) is 19.3 Å². The molecule has 0 atom stereocenters. The summed E-state index contributed by atoms with van der Waals surface area (Å²) in [6.07, 6.45) is 17.6. The lowest BCUT2D eigenvalue weighted by Crippen LogP contribution is -2.22. The van der Waals surface area contributed by atoms with Crippen LogP contribution in [0.2, 0.25) is 0 Å². The summed E-state index contributed by atoms with van der Waals surface area (Å²) >= 11 is 0. The molecule has 0 unspecified atom stereocenters. The first-order chi connectivity index (χ1) is 15.6. The molecule has 2 fully saturated rings. The van der Waals surface area contributed by atoms with Crippen LogP contribution >= 0.6 is 0 Å². The lowest BCUT2D eigenvalue weighted by atomic mass is 9.78. The lowest BCUT2D eigenvalue weighted by Gasteiger charge is -2.30. The molecule has 182 valence electrons. The van der Waals surface area contributed by atoms with Crippen molar-refractivity contribution in [2.24, 2.45) is 11.8 Å². The van der Waals surface area contributed by atoms with E-state index in [-0.39, 0.29) is 17.8 Å². The summed E-state index contributed by atoms with van der Waals surface area (Å²) in [5.74, 6) is 0.383. The molecule has 0 radical (unpaired) electrons. The van der Waals surface area contributed by atoms with Gasteiger partial charge in [-0.05, 0) is 74.8 Å². The summed E-state index contributed by atoms with van der Waals surface area (Å²) in [7, 11) is 0. The van der Waals surface area contributed by atoms with Gasteiger partial charge in [0.25, 0.3) is 0 Å². The molecule has 2 aliphatic rings. The SMILES string of the molecule is CCCCCC1CCC(CCCOC2CCC(c3ccc(OCC)c(F)c3F)CC2)CC1. The van der Waals surface area contributed by atoms with Crippen LogP contribution in [-0.2, 0) is 4.74 Å². The largest absolute Gasteiger partial charge is 0.491 e. The Labute approximate surface area is 194 Å². The molecule has 2 saturated carbocycles. The van der Waals surface area contributed by atoms with Crippen molar-refractivity contribution >= 4 is 0 Å². The average Bonchev–Trinajstić information content (AvgIpc) is 2.82. The first-order valence-corrected chi connectivity index (χ1v) is 13.3. The van der Waals surface area contributed by atoms with Gasteiger partial charge in [-0.2, -0.15) is 4.39 Å². The van der Waals surface area contributed by atoms with E-state index in [0.29, 0.717) is 12.2 Å². The van der Waals surface area contributed by atoms with Crippen molar-refractivity contribution in [3.05, 3.63) is 29.3 Å². The molecule has 4 heteroatoms. The van der Waals surface area contributed by atoms with E-state index in [9.17, 15) is 8.78 Å². The van der Waals surface area contributed by atoms with Crippen LogP contribution in [0.25, 0.3) is 0 Å². The van der Waals surface area contributed by atoms with Crippen molar-refractivity contribution in [2.45, 2.75) is 116 Å². The Hall–Kier alpha value is -1.16. The summed E-state index contributed by atoms with van der Waals surface area (Å²) in [6.45, 7) is 5.23. The third-order valence-electron chi connectivity index (χ3n) is 7.78. The van der Waals surface area contributed by atoms with Crippen LogP contribution in [0.4, 0.5) is 8.78 Å². The molecule has 0 saturated heterocycles. The number of hydrogen-bond donors (Lipinski definition) is 0. The van der Waals surface area contributed by atoms with Gasteiger partial charge < -0.3 is 9.47 Å². The minimum atomic E-state index is -0.849. The predicted octanol–water partition coefficient (Wildman–Crippen LogP) is 8.57. The van der Waals surface area contributed by atoms with E-state index in [0.717, 1.165) is 50.5 Å². The zero-order valence-electron chi connectivity index (χ0n) is 20.4. The van der Waals surface area contributed by atoms with E-state index in [2.05, 4.69) is 6.92 Å². The van der Waals surface area contributed by atoms with Crippen molar-refractivity contribution in [3.63, 3.8) is 0 Å². The molecule has 2 nitrogen and oxygen atoms in total. The number of rotatable bonds is 12. The van der Waals surface area contributed by atoms with Gasteiger partial charge in [-0.1, -0.05) is 64.4 Å². The highest BCUT2D eigenvalue weighted by Crippen LogP contribution is 2.38. The number of benzene rings is 1. The maximum atomic E-state index is 14.5. The Morgan fingerprint density at radius 1 is 0.781 bits per heavy atom. The maximum absolute atomic E-state index is 14.5. The molecular formula is C28H44F2O2. The van der Waals surface area contributed by atoms with Crippen LogP contribution in [0.3, 0.4) is 0 Å². The van der Waals surface area contributed by atoms with Crippen LogP contribution in [0.15, 0.2) is 12.1 Å². The second-order valence-electron chi connectivity index (χ2n) is 10.1. The molecule has 0 spiro atoms. The van der Waals surface area contributed by atoms with Gasteiger partial charge in [0.15, 0.2) is 11.6 Å². The topological polar surface area (TPSA) is 18.5 Å². The predicted molar refractivity (Wildman–Crippen MR) is 127 cm³/mol. The van der Waals surface area contributed by atoms with E-state index in [4.69, 9.17) is 9.47 Å². The third-order valence-corrected chi connectivity index (χ3v) is 7.78. The first-order valence-electron chi connectivity index (χ1n) is 13.3. The van der Waals surface area contributed by atoms with Crippen molar-refractivity contribution < 1.29 is 18.3 Å². The van der Waals surface area contributed by atoms with Crippen molar-refractivity contribution in [1.82, 2.24) is 0 Å². The molecule has 0 aromatic heterocycles. The van der Waals surface area contributed by atoms with Gasteiger partial charge in [-0.3, -0.25) is 0 Å². The molecule has 0 heterocycles. The van der Waals surface area contributed by atoms with Crippen LogP contribution in [0.5, 0.6) is 5.75 Å². The van der Waals surface area contributed by atoms with Gasteiger partial charge in [0.05, 0.1) is 12.7 Å². The highest BCUT2D eigenvalue weighted by Gasteiger charge is 2.27. The van der Waals surface area contributed by atoms with Crippen molar-refractivity contribution in [1.29, 1.82) is 0 Å². The summed E-state index contributed by atoms with van der Waals surface area (Å²) in [5, 5.41) is 0. The molecule has 32 heavy (non-hydrogen) atoms. The van der Waals surface area contributed by atoms with Gasteiger partial charge >= 0.3 is 0 Å². The van der Waals surface area contributed by atoms with Gasteiger partial charge in [0, 0.05) is 6.61 Å². The Balaban J connectivity index is 1.30. The quantitative estimate of drug-likeness (QED) is 0.297. The van der Waals surface area contributed by atoms with Gasteiger partial charge in [-0.25, -0.2) is 4.39 Å². The molecule has 3 rings (SSSR count). The number of unbranched alkanes of at least 4 members (excludes halogenated alkanes) is 2. The molecule has 1 aromatic rings. The second kappa shape index (κ2) is 13.5. The van der Waals surface area contributed by atoms with E-state index in [1.807, 2.05) is 0 Å². The van der Waals surface area contributed by atoms with Crippen LogP contribution in [0, 0.1) is 23.5 Å².